The molecule has 0 bridgehead atoms. The molecule has 2 rings (SSSR count). The third kappa shape index (κ3) is 1.86. The Morgan fingerprint density at radius 1 is 1.13 bits per heavy atom. The average Bonchev–Trinajstić information content (AvgIpc) is 2.31. The van der Waals surface area contributed by atoms with Crippen molar-refractivity contribution in [3.05, 3.63) is 54.1 Å². The molecule has 0 atom stereocenters. The van der Waals surface area contributed by atoms with E-state index in [4.69, 9.17) is 0 Å². The van der Waals surface area contributed by atoms with Crippen LogP contribution >= 0.6 is 0 Å². The molecule has 0 amide bonds. The topological polar surface area (TPSA) is 20.2 Å². The second-order valence-electron chi connectivity index (χ2n) is 3.34. The fourth-order valence-corrected chi connectivity index (χ4v) is 2.21. The van der Waals surface area contributed by atoms with Crippen LogP contribution in [0.5, 0.6) is 0 Å². The molecule has 0 unspecified atom stereocenters. The molecule has 0 spiro atoms. The summed E-state index contributed by atoms with van der Waals surface area (Å²) >= 11 is 0. The summed E-state index contributed by atoms with van der Waals surface area (Å²) in [6, 6.07) is 14.4. The Hall–Kier alpha value is -1.38. The smallest absolute Gasteiger partial charge is 0.265 e. The van der Waals surface area contributed by atoms with E-state index < -0.39 is 0 Å². The second-order valence-corrected chi connectivity index (χ2v) is 4.10. The van der Waals surface area contributed by atoms with E-state index in [9.17, 15) is 4.80 Å². The van der Waals surface area contributed by atoms with E-state index in [0.717, 1.165) is 10.8 Å². The molecule has 2 aromatic rings. The van der Waals surface area contributed by atoms with E-state index >= 15 is 0 Å². The predicted molar refractivity (Wildman–Crippen MR) is 65.6 cm³/mol. The molecule has 0 aliphatic rings. The van der Waals surface area contributed by atoms with Crippen molar-refractivity contribution in [1.29, 1.82) is 0 Å². The van der Waals surface area contributed by atoms with Crippen molar-refractivity contribution in [2.75, 3.05) is 0 Å². The first kappa shape index (κ1) is 10.1. The average molecular weight is 212 g/mol. The fraction of sp³-hybridized carbons (Fsp3) is 0.0769. The lowest BCUT2D eigenvalue weighted by Crippen LogP contribution is -1.95. The summed E-state index contributed by atoms with van der Waals surface area (Å²) in [6.45, 7) is 1.96. The van der Waals surface area contributed by atoms with Crippen LogP contribution in [-0.2, 0) is 0 Å². The monoisotopic (exact) mass is 212 g/mol. The number of hydrogen-bond donors (Lipinski definition) is 1. The lowest BCUT2D eigenvalue weighted by atomic mass is 10.0. The van der Waals surface area contributed by atoms with Crippen LogP contribution in [0.2, 0.25) is 0 Å². The van der Waals surface area contributed by atoms with Gasteiger partial charge in [-0.05, 0) is 28.5 Å². The quantitative estimate of drug-likeness (QED) is 0.759. The Morgan fingerprint density at radius 2 is 1.87 bits per heavy atom. The molecular formula is C13H12OSi. The molecule has 0 aliphatic heterocycles. The van der Waals surface area contributed by atoms with Crippen molar-refractivity contribution >= 4 is 25.7 Å². The Balaban J connectivity index is 2.71. The highest BCUT2D eigenvalue weighted by Gasteiger charge is 2.04. The first-order valence-electron chi connectivity index (χ1n) is 4.91. The Kier molecular flexibility index (Phi) is 2.99. The maximum absolute atomic E-state index is 9.30. The van der Waals surface area contributed by atoms with Gasteiger partial charge in [-0.3, -0.25) is 0 Å². The van der Waals surface area contributed by atoms with Crippen molar-refractivity contribution in [3.8, 4) is 0 Å². The van der Waals surface area contributed by atoms with Gasteiger partial charge < -0.3 is 4.80 Å². The first-order chi connectivity index (χ1) is 7.36. The van der Waals surface area contributed by atoms with E-state index in [-0.39, 0.29) is 9.76 Å². The zero-order valence-electron chi connectivity index (χ0n) is 8.57. The van der Waals surface area contributed by atoms with Gasteiger partial charge >= 0.3 is 0 Å². The van der Waals surface area contributed by atoms with Gasteiger partial charge in [0.2, 0.25) is 0 Å². The highest BCUT2D eigenvalue weighted by Crippen LogP contribution is 2.23. The summed E-state index contributed by atoms with van der Waals surface area (Å²) in [4.78, 5) is 9.30. The van der Waals surface area contributed by atoms with Crippen LogP contribution in [0.4, 0.5) is 0 Å². The number of benzene rings is 2. The van der Waals surface area contributed by atoms with Crippen LogP contribution < -0.4 is 0 Å². The molecule has 0 saturated carbocycles. The van der Waals surface area contributed by atoms with Crippen LogP contribution in [-0.4, -0.2) is 14.6 Å². The molecule has 2 aromatic carbocycles. The van der Waals surface area contributed by atoms with Gasteiger partial charge in [-0.25, -0.2) is 0 Å². The van der Waals surface area contributed by atoms with Gasteiger partial charge in [-0.1, -0.05) is 48.5 Å². The minimum atomic E-state index is -0.149. The molecule has 74 valence electrons. The zero-order valence-corrected chi connectivity index (χ0v) is 9.57. The van der Waals surface area contributed by atoms with E-state index in [1.807, 2.05) is 31.2 Å². The highest BCUT2D eigenvalue weighted by molar-refractivity contribution is 6.54. The Labute approximate surface area is 92.0 Å². The summed E-state index contributed by atoms with van der Waals surface area (Å²) in [5, 5.41) is 3.43. The third-order valence-electron chi connectivity index (χ3n) is 2.49. The number of fused-ring (bicyclic) bond motifs is 1. The van der Waals surface area contributed by atoms with Crippen LogP contribution in [0.25, 0.3) is 16.0 Å². The van der Waals surface area contributed by atoms with Crippen molar-refractivity contribution < 1.29 is 4.80 Å². The van der Waals surface area contributed by atoms with Gasteiger partial charge in [0.05, 0.1) is 0 Å². The normalized spacial score (nSPS) is 12.0. The lowest BCUT2D eigenvalue weighted by molar-refractivity contribution is 0.616. The molecule has 0 saturated heterocycles. The molecule has 2 heteroatoms. The summed E-state index contributed by atoms with van der Waals surface area (Å²) in [5.74, 6) is 0. The predicted octanol–water partition coefficient (Wildman–Crippen LogP) is 2.81. The standard InChI is InChI=1S/C13H12OSi/c1-2-13(15-14)12-9-5-7-10-6-3-4-8-11(10)12/h2-9,14H,1H3. The maximum atomic E-state index is 9.30. The summed E-state index contributed by atoms with van der Waals surface area (Å²) in [7, 11) is -0.149. The Morgan fingerprint density at radius 3 is 2.60 bits per heavy atom. The van der Waals surface area contributed by atoms with Gasteiger partial charge in [0.1, 0.15) is 0 Å². The fourth-order valence-electron chi connectivity index (χ4n) is 1.74. The van der Waals surface area contributed by atoms with Crippen LogP contribution in [0, 0.1) is 0 Å². The molecular weight excluding hydrogens is 200 g/mol. The first-order valence-corrected chi connectivity index (χ1v) is 5.86. The van der Waals surface area contributed by atoms with Gasteiger partial charge in [0, 0.05) is 0 Å². The van der Waals surface area contributed by atoms with Crippen LogP contribution in [0.3, 0.4) is 0 Å². The lowest BCUT2D eigenvalue weighted by Gasteiger charge is -2.07. The molecule has 0 fully saturated rings. The minimum absolute atomic E-state index is 0.149. The molecule has 1 nitrogen and oxygen atoms in total. The van der Waals surface area contributed by atoms with E-state index in [2.05, 4.69) is 24.3 Å². The molecule has 15 heavy (non-hydrogen) atoms. The largest absolute Gasteiger partial charge is 0.428 e. The molecule has 0 heterocycles. The second kappa shape index (κ2) is 4.42. The van der Waals surface area contributed by atoms with Gasteiger partial charge in [-0.15, -0.1) is 0 Å². The minimum Gasteiger partial charge on any atom is -0.428 e. The number of rotatable bonds is 2. The van der Waals surface area contributed by atoms with Crippen molar-refractivity contribution in [2.24, 2.45) is 0 Å². The number of allylic oxidation sites excluding steroid dienone is 1. The van der Waals surface area contributed by atoms with Crippen molar-refractivity contribution in [1.82, 2.24) is 0 Å². The summed E-state index contributed by atoms with van der Waals surface area (Å²) < 4.78 is 0. The maximum Gasteiger partial charge on any atom is 0.265 e. The highest BCUT2D eigenvalue weighted by atomic mass is 28.2. The van der Waals surface area contributed by atoms with E-state index in [1.54, 1.807) is 0 Å². The molecule has 0 aliphatic carbocycles. The van der Waals surface area contributed by atoms with Gasteiger partial charge in [0.25, 0.3) is 9.76 Å². The Bertz CT molecular complexity index is 497. The zero-order chi connectivity index (χ0) is 10.7. The molecule has 1 N–H and O–H groups in total. The van der Waals surface area contributed by atoms with Gasteiger partial charge in [-0.2, -0.15) is 0 Å². The summed E-state index contributed by atoms with van der Waals surface area (Å²) in [6.07, 6.45) is 1.97. The third-order valence-corrected chi connectivity index (χ3v) is 3.29. The van der Waals surface area contributed by atoms with Crippen LogP contribution in [0.1, 0.15) is 12.5 Å². The van der Waals surface area contributed by atoms with Crippen LogP contribution in [0.15, 0.2) is 48.5 Å². The number of hydrogen-bond acceptors (Lipinski definition) is 1. The molecule has 2 radical (unpaired) electrons. The van der Waals surface area contributed by atoms with Gasteiger partial charge in [0.15, 0.2) is 0 Å². The van der Waals surface area contributed by atoms with E-state index in [0.29, 0.717) is 0 Å². The summed E-state index contributed by atoms with van der Waals surface area (Å²) in [5.41, 5.74) is 1.14. The van der Waals surface area contributed by atoms with E-state index in [1.165, 1.54) is 10.8 Å². The van der Waals surface area contributed by atoms with Crippen molar-refractivity contribution in [3.63, 3.8) is 0 Å². The van der Waals surface area contributed by atoms with Crippen molar-refractivity contribution in [2.45, 2.75) is 6.92 Å². The molecule has 0 aromatic heterocycles. The SMILES string of the molecule is CC=C([Si]O)c1cccc2ccccc12.